The van der Waals surface area contributed by atoms with E-state index in [1.54, 1.807) is 6.20 Å². The first-order chi connectivity index (χ1) is 7.69. The normalized spacial score (nSPS) is 14.8. The molecule has 0 aliphatic heterocycles. The Morgan fingerprint density at radius 2 is 2.31 bits per heavy atom. The van der Waals surface area contributed by atoms with Crippen molar-refractivity contribution in [2.75, 3.05) is 13.2 Å². The molecule has 2 unspecified atom stereocenters. The lowest BCUT2D eigenvalue weighted by Gasteiger charge is -2.23. The van der Waals surface area contributed by atoms with Gasteiger partial charge in [-0.05, 0) is 37.5 Å². The predicted molar refractivity (Wildman–Crippen MR) is 65.1 cm³/mol. The summed E-state index contributed by atoms with van der Waals surface area (Å²) >= 11 is 0. The number of aromatic nitrogens is 1. The zero-order valence-electron chi connectivity index (χ0n) is 9.98. The summed E-state index contributed by atoms with van der Waals surface area (Å²) in [5, 5.41) is 12.3. The fourth-order valence-electron chi connectivity index (χ4n) is 1.75. The highest BCUT2D eigenvalue weighted by molar-refractivity contribution is 5.25. The molecule has 1 aromatic rings. The molecule has 4 nitrogen and oxygen atoms in total. The van der Waals surface area contributed by atoms with Crippen LogP contribution < -0.4 is 11.1 Å². The Kier molecular flexibility index (Phi) is 5.38. The van der Waals surface area contributed by atoms with Gasteiger partial charge in [-0.1, -0.05) is 0 Å². The lowest BCUT2D eigenvalue weighted by atomic mass is 10.0. The number of hydrogen-bond acceptors (Lipinski definition) is 4. The number of aryl methyl sites for hydroxylation is 1. The van der Waals surface area contributed by atoms with Crippen LogP contribution in [0.25, 0.3) is 0 Å². The third-order valence-corrected chi connectivity index (χ3v) is 2.74. The van der Waals surface area contributed by atoms with Crippen molar-refractivity contribution in [1.82, 2.24) is 10.3 Å². The molecule has 0 radical (unpaired) electrons. The summed E-state index contributed by atoms with van der Waals surface area (Å²) in [7, 11) is 0. The van der Waals surface area contributed by atoms with Gasteiger partial charge in [0.1, 0.15) is 0 Å². The van der Waals surface area contributed by atoms with Gasteiger partial charge in [0.15, 0.2) is 0 Å². The first kappa shape index (κ1) is 13.1. The van der Waals surface area contributed by atoms with E-state index in [2.05, 4.69) is 17.2 Å². The first-order valence-electron chi connectivity index (χ1n) is 5.66. The van der Waals surface area contributed by atoms with Crippen molar-refractivity contribution < 1.29 is 5.11 Å². The quantitative estimate of drug-likeness (QED) is 0.665. The molecule has 90 valence electrons. The minimum Gasteiger partial charge on any atom is -0.396 e. The maximum atomic E-state index is 8.86. The monoisotopic (exact) mass is 223 g/mol. The Bertz CT molecular complexity index is 317. The molecule has 0 aliphatic rings. The molecule has 0 fully saturated rings. The van der Waals surface area contributed by atoms with Crippen molar-refractivity contribution in [3.8, 4) is 0 Å². The minimum atomic E-state index is 0.107. The number of nitrogens with two attached hydrogens (primary N) is 1. The molecule has 0 spiro atoms. The molecule has 0 saturated carbocycles. The Morgan fingerprint density at radius 3 is 2.88 bits per heavy atom. The molecule has 4 heteroatoms. The second-order valence-corrected chi connectivity index (χ2v) is 4.10. The van der Waals surface area contributed by atoms with E-state index in [0.29, 0.717) is 6.54 Å². The Balaban J connectivity index is 2.71. The Labute approximate surface area is 96.9 Å². The van der Waals surface area contributed by atoms with Crippen LogP contribution in [-0.4, -0.2) is 29.3 Å². The lowest BCUT2D eigenvalue weighted by Crippen LogP contribution is -2.35. The topological polar surface area (TPSA) is 71.2 Å². The van der Waals surface area contributed by atoms with Crippen molar-refractivity contribution in [2.24, 2.45) is 5.73 Å². The molecule has 0 bridgehead atoms. The second-order valence-electron chi connectivity index (χ2n) is 4.10. The van der Waals surface area contributed by atoms with Crippen LogP contribution in [0.15, 0.2) is 18.5 Å². The van der Waals surface area contributed by atoms with Crippen LogP contribution in [0.1, 0.15) is 30.5 Å². The van der Waals surface area contributed by atoms with Crippen molar-refractivity contribution in [3.05, 3.63) is 29.6 Å². The zero-order valence-corrected chi connectivity index (χ0v) is 9.98. The predicted octanol–water partition coefficient (Wildman–Crippen LogP) is 0.750. The van der Waals surface area contributed by atoms with Crippen molar-refractivity contribution >= 4 is 0 Å². The van der Waals surface area contributed by atoms with Gasteiger partial charge in [0.2, 0.25) is 0 Å². The fourth-order valence-corrected chi connectivity index (χ4v) is 1.75. The fraction of sp³-hybridized carbons (Fsp3) is 0.583. The molecule has 16 heavy (non-hydrogen) atoms. The van der Waals surface area contributed by atoms with Crippen LogP contribution in [0.2, 0.25) is 0 Å². The van der Waals surface area contributed by atoms with Gasteiger partial charge < -0.3 is 16.2 Å². The van der Waals surface area contributed by atoms with Gasteiger partial charge in [-0.25, -0.2) is 0 Å². The van der Waals surface area contributed by atoms with E-state index in [0.717, 1.165) is 12.0 Å². The van der Waals surface area contributed by atoms with E-state index in [1.165, 1.54) is 5.56 Å². The number of nitrogens with zero attached hydrogens (tertiary/aromatic N) is 1. The maximum Gasteiger partial charge on any atom is 0.0464 e. The number of pyridine rings is 1. The van der Waals surface area contributed by atoms with Crippen LogP contribution in [0.3, 0.4) is 0 Å². The summed E-state index contributed by atoms with van der Waals surface area (Å²) in [6, 6.07) is 2.34. The SMILES string of the molecule is Cc1ccncc1C(CN)NC(C)CCO. The average molecular weight is 223 g/mol. The molecule has 1 heterocycles. The smallest absolute Gasteiger partial charge is 0.0464 e. The number of rotatable bonds is 6. The first-order valence-corrected chi connectivity index (χ1v) is 5.66. The lowest BCUT2D eigenvalue weighted by molar-refractivity contribution is 0.263. The molecular formula is C12H21N3O. The maximum absolute atomic E-state index is 8.86. The summed E-state index contributed by atoms with van der Waals surface area (Å²) in [5.74, 6) is 0. The van der Waals surface area contributed by atoms with Crippen molar-refractivity contribution in [2.45, 2.75) is 32.4 Å². The largest absolute Gasteiger partial charge is 0.396 e. The van der Waals surface area contributed by atoms with Gasteiger partial charge in [0.05, 0.1) is 0 Å². The highest BCUT2D eigenvalue weighted by Gasteiger charge is 2.14. The molecule has 1 rings (SSSR count). The minimum absolute atomic E-state index is 0.107. The highest BCUT2D eigenvalue weighted by atomic mass is 16.3. The van der Waals surface area contributed by atoms with Crippen LogP contribution in [-0.2, 0) is 0 Å². The van der Waals surface area contributed by atoms with E-state index in [9.17, 15) is 0 Å². The highest BCUT2D eigenvalue weighted by Crippen LogP contribution is 2.16. The Hall–Kier alpha value is -0.970. The average Bonchev–Trinajstić information content (AvgIpc) is 2.27. The second kappa shape index (κ2) is 6.58. The van der Waals surface area contributed by atoms with E-state index in [-0.39, 0.29) is 18.7 Å². The standard InChI is InChI=1S/C12H21N3O/c1-9-3-5-14-8-11(9)12(7-13)15-10(2)4-6-16/h3,5,8,10,12,15-16H,4,6-7,13H2,1-2H3. The van der Waals surface area contributed by atoms with Gasteiger partial charge >= 0.3 is 0 Å². The van der Waals surface area contributed by atoms with Gasteiger partial charge in [0.25, 0.3) is 0 Å². The van der Waals surface area contributed by atoms with Crippen LogP contribution in [0.5, 0.6) is 0 Å². The molecule has 0 aromatic carbocycles. The van der Waals surface area contributed by atoms with E-state index in [4.69, 9.17) is 10.8 Å². The number of nitrogens with one attached hydrogen (secondary N) is 1. The van der Waals surface area contributed by atoms with E-state index in [1.807, 2.05) is 19.2 Å². The van der Waals surface area contributed by atoms with Gasteiger partial charge in [0, 0.05) is 37.6 Å². The molecule has 0 amide bonds. The van der Waals surface area contributed by atoms with E-state index >= 15 is 0 Å². The van der Waals surface area contributed by atoms with Crippen LogP contribution >= 0.6 is 0 Å². The van der Waals surface area contributed by atoms with Gasteiger partial charge in [-0.3, -0.25) is 4.98 Å². The molecule has 0 aliphatic carbocycles. The molecular weight excluding hydrogens is 202 g/mol. The third kappa shape index (κ3) is 3.56. The van der Waals surface area contributed by atoms with Crippen molar-refractivity contribution in [1.29, 1.82) is 0 Å². The summed E-state index contributed by atoms with van der Waals surface area (Å²) in [4.78, 5) is 4.12. The summed E-state index contributed by atoms with van der Waals surface area (Å²) in [6.45, 7) is 4.82. The van der Waals surface area contributed by atoms with Gasteiger partial charge in [-0.15, -0.1) is 0 Å². The molecule has 4 N–H and O–H groups in total. The van der Waals surface area contributed by atoms with E-state index < -0.39 is 0 Å². The zero-order chi connectivity index (χ0) is 12.0. The molecule has 1 aromatic heterocycles. The van der Waals surface area contributed by atoms with Gasteiger partial charge in [-0.2, -0.15) is 0 Å². The summed E-state index contributed by atoms with van der Waals surface area (Å²) < 4.78 is 0. The Morgan fingerprint density at radius 1 is 1.56 bits per heavy atom. The third-order valence-electron chi connectivity index (χ3n) is 2.74. The molecule has 0 saturated heterocycles. The molecule has 2 atom stereocenters. The van der Waals surface area contributed by atoms with Crippen molar-refractivity contribution in [3.63, 3.8) is 0 Å². The number of aliphatic hydroxyl groups is 1. The number of hydrogen-bond donors (Lipinski definition) is 3. The summed E-state index contributed by atoms with van der Waals surface area (Å²) in [6.07, 6.45) is 4.37. The van der Waals surface area contributed by atoms with Crippen LogP contribution in [0.4, 0.5) is 0 Å². The van der Waals surface area contributed by atoms with Crippen LogP contribution in [0, 0.1) is 6.92 Å². The summed E-state index contributed by atoms with van der Waals surface area (Å²) in [5.41, 5.74) is 8.09. The number of aliphatic hydroxyl groups excluding tert-OH is 1.